The fraction of sp³-hybridized carbons (Fsp3) is 0.400. The number of carbonyl (C=O) groups is 2. The molecule has 3 rings (SSSR count). The van der Waals surface area contributed by atoms with Crippen molar-refractivity contribution >= 4 is 56.4 Å². The Morgan fingerprint density at radius 1 is 1.09 bits per heavy atom. The fourth-order valence-corrected chi connectivity index (χ4v) is 3.93. The molecule has 1 aliphatic carbocycles. The van der Waals surface area contributed by atoms with Crippen molar-refractivity contribution in [2.45, 2.75) is 52.4 Å². The Hall–Kier alpha value is -2.45. The lowest BCUT2D eigenvalue weighted by atomic mass is 10.1. The summed E-state index contributed by atoms with van der Waals surface area (Å²) < 4.78 is 6.52. The van der Waals surface area contributed by atoms with Gasteiger partial charge in [0.15, 0.2) is 5.11 Å². The van der Waals surface area contributed by atoms with Gasteiger partial charge in [0, 0.05) is 22.9 Å². The van der Waals surface area contributed by atoms with E-state index in [9.17, 15) is 9.59 Å². The molecule has 0 unspecified atom stereocenters. The van der Waals surface area contributed by atoms with Crippen molar-refractivity contribution < 1.29 is 14.3 Å². The number of anilines is 2. The Kier molecular flexibility index (Phi) is 9.26. The maximum Gasteiger partial charge on any atom is 0.257 e. The molecule has 0 saturated heterocycles. The zero-order chi connectivity index (χ0) is 23.8. The number of carbonyl (C=O) groups excluding carboxylic acids is 2. The maximum atomic E-state index is 12.6. The van der Waals surface area contributed by atoms with E-state index in [0.29, 0.717) is 23.6 Å². The number of nitrogens with one attached hydrogen (secondary N) is 3. The summed E-state index contributed by atoms with van der Waals surface area (Å²) in [5.41, 5.74) is 2.85. The van der Waals surface area contributed by atoms with E-state index in [0.717, 1.165) is 41.4 Å². The first kappa shape index (κ1) is 25.2. The number of unbranched alkanes of at least 4 members (excludes halogenated alkanes) is 3. The molecule has 0 bridgehead atoms. The minimum absolute atomic E-state index is 0.0464. The van der Waals surface area contributed by atoms with Gasteiger partial charge in [-0.05, 0) is 90.2 Å². The van der Waals surface area contributed by atoms with Crippen molar-refractivity contribution in [1.29, 1.82) is 0 Å². The molecule has 0 radical (unpaired) electrons. The number of benzene rings is 2. The van der Waals surface area contributed by atoms with Gasteiger partial charge in [-0.3, -0.25) is 14.9 Å². The van der Waals surface area contributed by atoms with Crippen LogP contribution in [0.2, 0.25) is 0 Å². The van der Waals surface area contributed by atoms with Crippen LogP contribution in [0.25, 0.3) is 0 Å². The second-order valence-electron chi connectivity index (χ2n) is 8.26. The fourth-order valence-electron chi connectivity index (χ4n) is 3.22. The highest BCUT2D eigenvalue weighted by atomic mass is 79.9. The van der Waals surface area contributed by atoms with E-state index in [2.05, 4.69) is 38.8 Å². The van der Waals surface area contributed by atoms with E-state index < -0.39 is 0 Å². The molecule has 0 aromatic heterocycles. The van der Waals surface area contributed by atoms with Crippen LogP contribution in [0, 0.1) is 12.8 Å². The average molecular weight is 533 g/mol. The third kappa shape index (κ3) is 7.82. The van der Waals surface area contributed by atoms with Gasteiger partial charge < -0.3 is 15.4 Å². The van der Waals surface area contributed by atoms with Crippen LogP contribution in [0.3, 0.4) is 0 Å². The van der Waals surface area contributed by atoms with E-state index in [1.165, 1.54) is 12.8 Å². The first-order chi connectivity index (χ1) is 15.9. The molecule has 8 heteroatoms. The molecule has 0 spiro atoms. The van der Waals surface area contributed by atoms with Crippen molar-refractivity contribution in [3.63, 3.8) is 0 Å². The Balaban J connectivity index is 1.53. The third-order valence-corrected chi connectivity index (χ3v) is 6.20. The van der Waals surface area contributed by atoms with Crippen LogP contribution in [0.1, 0.15) is 61.4 Å². The molecule has 1 saturated carbocycles. The first-order valence-corrected chi connectivity index (χ1v) is 12.5. The van der Waals surface area contributed by atoms with E-state index in [1.807, 2.05) is 25.1 Å². The molecule has 3 N–H and O–H groups in total. The topological polar surface area (TPSA) is 79.5 Å². The Bertz CT molecular complexity index is 1020. The molecular formula is C25H30BrN3O3S. The van der Waals surface area contributed by atoms with E-state index >= 15 is 0 Å². The van der Waals surface area contributed by atoms with Crippen molar-refractivity contribution in [3.05, 3.63) is 52.0 Å². The average Bonchev–Trinajstić information content (AvgIpc) is 3.62. The summed E-state index contributed by atoms with van der Waals surface area (Å²) in [5, 5.41) is 8.84. The smallest absolute Gasteiger partial charge is 0.257 e. The summed E-state index contributed by atoms with van der Waals surface area (Å²) in [6.45, 7) is 4.76. The van der Waals surface area contributed by atoms with Crippen molar-refractivity contribution in [2.75, 3.05) is 17.2 Å². The predicted molar refractivity (Wildman–Crippen MR) is 140 cm³/mol. The van der Waals surface area contributed by atoms with Gasteiger partial charge in [0.2, 0.25) is 5.91 Å². The van der Waals surface area contributed by atoms with Gasteiger partial charge in [-0.25, -0.2) is 0 Å². The summed E-state index contributed by atoms with van der Waals surface area (Å²) >= 11 is 8.79. The SMILES string of the molecule is CCCCCCOc1ccc(C(=O)NC(=S)Nc2ccc(C)c(NC(=O)C3CC3)c2)cc1Br. The van der Waals surface area contributed by atoms with Crippen molar-refractivity contribution in [1.82, 2.24) is 5.32 Å². The summed E-state index contributed by atoms with van der Waals surface area (Å²) in [5.74, 6) is 0.560. The second kappa shape index (κ2) is 12.1. The molecule has 2 amide bonds. The molecule has 0 atom stereocenters. The Morgan fingerprint density at radius 3 is 2.58 bits per heavy atom. The quantitative estimate of drug-likeness (QED) is 0.251. The minimum Gasteiger partial charge on any atom is -0.492 e. The van der Waals surface area contributed by atoms with Gasteiger partial charge in [-0.2, -0.15) is 0 Å². The van der Waals surface area contributed by atoms with Crippen LogP contribution in [-0.4, -0.2) is 23.5 Å². The lowest BCUT2D eigenvalue weighted by Gasteiger charge is -2.14. The van der Waals surface area contributed by atoms with E-state index in [1.54, 1.807) is 18.2 Å². The number of amides is 2. The van der Waals surface area contributed by atoms with Crippen LogP contribution in [0.4, 0.5) is 11.4 Å². The zero-order valence-corrected chi connectivity index (χ0v) is 21.4. The van der Waals surface area contributed by atoms with Crippen LogP contribution in [0.5, 0.6) is 5.75 Å². The van der Waals surface area contributed by atoms with E-state index in [-0.39, 0.29) is 22.8 Å². The highest BCUT2D eigenvalue weighted by Crippen LogP contribution is 2.31. The molecule has 1 aliphatic rings. The lowest BCUT2D eigenvalue weighted by molar-refractivity contribution is -0.117. The number of ether oxygens (including phenoxy) is 1. The minimum atomic E-state index is -0.322. The molecule has 2 aromatic carbocycles. The van der Waals surface area contributed by atoms with Gasteiger partial charge in [0.1, 0.15) is 5.75 Å². The summed E-state index contributed by atoms with van der Waals surface area (Å²) in [4.78, 5) is 24.7. The highest BCUT2D eigenvalue weighted by Gasteiger charge is 2.29. The second-order valence-corrected chi connectivity index (χ2v) is 9.52. The molecule has 176 valence electrons. The summed E-state index contributed by atoms with van der Waals surface area (Å²) in [7, 11) is 0. The molecular weight excluding hydrogens is 502 g/mol. The molecule has 6 nitrogen and oxygen atoms in total. The molecule has 2 aromatic rings. The Labute approximate surface area is 209 Å². The number of hydrogen-bond donors (Lipinski definition) is 3. The summed E-state index contributed by atoms with van der Waals surface area (Å²) in [6, 6.07) is 10.8. The summed E-state index contributed by atoms with van der Waals surface area (Å²) in [6.07, 6.45) is 6.44. The molecule has 1 fully saturated rings. The van der Waals surface area contributed by atoms with Gasteiger partial charge >= 0.3 is 0 Å². The number of halogens is 1. The van der Waals surface area contributed by atoms with Gasteiger partial charge in [0.05, 0.1) is 11.1 Å². The van der Waals surface area contributed by atoms with Crippen LogP contribution in [0.15, 0.2) is 40.9 Å². The highest BCUT2D eigenvalue weighted by molar-refractivity contribution is 9.10. The van der Waals surface area contributed by atoms with E-state index in [4.69, 9.17) is 17.0 Å². The predicted octanol–water partition coefficient (Wildman–Crippen LogP) is 6.19. The van der Waals surface area contributed by atoms with Gasteiger partial charge in [-0.15, -0.1) is 0 Å². The van der Waals surface area contributed by atoms with Crippen molar-refractivity contribution in [2.24, 2.45) is 5.92 Å². The normalized spacial score (nSPS) is 12.7. The molecule has 0 aliphatic heterocycles. The van der Waals surface area contributed by atoms with Crippen molar-refractivity contribution in [3.8, 4) is 5.75 Å². The van der Waals surface area contributed by atoms with Crippen LogP contribution < -0.4 is 20.7 Å². The molecule has 0 heterocycles. The molecule has 33 heavy (non-hydrogen) atoms. The number of rotatable bonds is 10. The van der Waals surface area contributed by atoms with Gasteiger partial charge in [0.25, 0.3) is 5.91 Å². The third-order valence-electron chi connectivity index (χ3n) is 5.38. The monoisotopic (exact) mass is 531 g/mol. The zero-order valence-electron chi connectivity index (χ0n) is 19.0. The maximum absolute atomic E-state index is 12.6. The Morgan fingerprint density at radius 2 is 1.88 bits per heavy atom. The standard InChI is InChI=1S/C25H30BrN3O3S/c1-3-4-5-6-13-32-22-12-10-18(14-20(22)26)24(31)29-25(33)27-19-11-7-16(2)21(15-19)28-23(30)17-8-9-17/h7,10-12,14-15,17H,3-6,8-9,13H2,1-2H3,(H,28,30)(H2,27,29,31,33). The van der Waals surface area contributed by atoms with Gasteiger partial charge in [-0.1, -0.05) is 32.3 Å². The number of thiocarbonyl (C=S) groups is 1. The number of hydrogen-bond acceptors (Lipinski definition) is 4. The first-order valence-electron chi connectivity index (χ1n) is 11.3. The number of aryl methyl sites for hydroxylation is 1. The van der Waals surface area contributed by atoms with Crippen LogP contribution >= 0.6 is 28.1 Å². The van der Waals surface area contributed by atoms with Crippen LogP contribution in [-0.2, 0) is 4.79 Å². The lowest BCUT2D eigenvalue weighted by Crippen LogP contribution is -2.34. The largest absolute Gasteiger partial charge is 0.492 e.